The number of ether oxygens (including phenoxy) is 1. The van der Waals surface area contributed by atoms with Crippen molar-refractivity contribution in [2.45, 2.75) is 6.92 Å². The highest BCUT2D eigenvalue weighted by Crippen LogP contribution is 2.17. The number of aromatic nitrogens is 1. The van der Waals surface area contributed by atoms with Crippen molar-refractivity contribution in [3.05, 3.63) is 75.8 Å². The lowest BCUT2D eigenvalue weighted by Gasteiger charge is -2.05. The largest absolute Gasteiger partial charge is 0.423 e. The smallest absolute Gasteiger partial charge is 0.343 e. The molecule has 0 fully saturated rings. The monoisotopic (exact) mass is 371 g/mol. The van der Waals surface area contributed by atoms with E-state index in [-0.39, 0.29) is 0 Å². The van der Waals surface area contributed by atoms with Crippen LogP contribution < -0.4 is 10.2 Å². The van der Waals surface area contributed by atoms with Gasteiger partial charge in [0.15, 0.2) is 0 Å². The van der Waals surface area contributed by atoms with E-state index in [2.05, 4.69) is 15.5 Å². The van der Waals surface area contributed by atoms with Gasteiger partial charge in [0, 0.05) is 10.4 Å². The fourth-order valence-electron chi connectivity index (χ4n) is 1.97. The zero-order chi connectivity index (χ0) is 17.6. The molecular weight excluding hydrogens is 358 g/mol. The van der Waals surface area contributed by atoms with E-state index in [0.717, 1.165) is 16.4 Å². The number of nitrogens with one attached hydrogen (secondary N) is 1. The number of benzene rings is 2. The van der Waals surface area contributed by atoms with Crippen LogP contribution in [0.15, 0.2) is 59.0 Å². The van der Waals surface area contributed by atoms with E-state index in [0.29, 0.717) is 16.3 Å². The number of hydrogen-bond acceptors (Lipinski definition) is 6. The van der Waals surface area contributed by atoms with Crippen LogP contribution >= 0.6 is 22.9 Å². The highest BCUT2D eigenvalue weighted by molar-refractivity contribution is 7.13. The highest BCUT2D eigenvalue weighted by atomic mass is 35.5. The second kappa shape index (κ2) is 7.92. The summed E-state index contributed by atoms with van der Waals surface area (Å²) in [5, 5.41) is 7.30. The molecule has 3 aromatic rings. The van der Waals surface area contributed by atoms with Crippen molar-refractivity contribution in [3.63, 3.8) is 0 Å². The van der Waals surface area contributed by atoms with E-state index in [1.54, 1.807) is 54.7 Å². The fourth-order valence-corrected chi connectivity index (χ4v) is 2.80. The van der Waals surface area contributed by atoms with Crippen molar-refractivity contribution >= 4 is 40.3 Å². The lowest BCUT2D eigenvalue weighted by molar-refractivity contribution is 0.0735. The minimum atomic E-state index is -0.454. The summed E-state index contributed by atoms with van der Waals surface area (Å²) in [7, 11) is 0. The van der Waals surface area contributed by atoms with Gasteiger partial charge in [-0.3, -0.25) is 5.43 Å². The maximum absolute atomic E-state index is 12.1. The Morgan fingerprint density at radius 1 is 1.28 bits per heavy atom. The van der Waals surface area contributed by atoms with Crippen LogP contribution in [0.25, 0.3) is 0 Å². The Kier molecular flexibility index (Phi) is 5.42. The molecule has 0 radical (unpaired) electrons. The Morgan fingerprint density at radius 3 is 2.76 bits per heavy atom. The molecule has 1 heterocycles. The molecule has 2 aromatic carbocycles. The number of thiazole rings is 1. The first kappa shape index (κ1) is 17.1. The summed E-state index contributed by atoms with van der Waals surface area (Å²) in [4.78, 5) is 16.3. The molecule has 0 aliphatic heterocycles. The van der Waals surface area contributed by atoms with Crippen LogP contribution in [-0.4, -0.2) is 17.2 Å². The number of esters is 1. The molecule has 1 N–H and O–H groups in total. The molecule has 0 atom stereocenters. The van der Waals surface area contributed by atoms with Gasteiger partial charge in [0.1, 0.15) is 5.75 Å². The van der Waals surface area contributed by atoms with E-state index in [1.807, 2.05) is 12.3 Å². The molecule has 0 aliphatic carbocycles. The highest BCUT2D eigenvalue weighted by Gasteiger charge is 2.08. The van der Waals surface area contributed by atoms with Crippen LogP contribution in [-0.2, 0) is 0 Å². The van der Waals surface area contributed by atoms with Gasteiger partial charge in [-0.2, -0.15) is 5.10 Å². The first-order valence-electron chi connectivity index (χ1n) is 7.39. The summed E-state index contributed by atoms with van der Waals surface area (Å²) < 4.78 is 5.32. The van der Waals surface area contributed by atoms with Gasteiger partial charge in [-0.15, -0.1) is 11.3 Å². The predicted octanol–water partition coefficient (Wildman–Crippen LogP) is 4.77. The van der Waals surface area contributed by atoms with Crippen LogP contribution in [0.4, 0.5) is 5.13 Å². The van der Waals surface area contributed by atoms with Gasteiger partial charge in [0.05, 0.1) is 17.5 Å². The van der Waals surface area contributed by atoms with Crippen LogP contribution in [0.5, 0.6) is 5.75 Å². The zero-order valence-electron chi connectivity index (χ0n) is 13.3. The van der Waals surface area contributed by atoms with E-state index >= 15 is 0 Å². The second-order valence-electron chi connectivity index (χ2n) is 5.13. The van der Waals surface area contributed by atoms with Gasteiger partial charge >= 0.3 is 5.97 Å². The lowest BCUT2D eigenvalue weighted by atomic mass is 10.2. The Morgan fingerprint density at radius 2 is 2.08 bits per heavy atom. The van der Waals surface area contributed by atoms with Gasteiger partial charge in [0.2, 0.25) is 5.13 Å². The van der Waals surface area contributed by atoms with Crippen molar-refractivity contribution < 1.29 is 9.53 Å². The average Bonchev–Trinajstić information content (AvgIpc) is 3.02. The summed E-state index contributed by atoms with van der Waals surface area (Å²) >= 11 is 7.36. The predicted molar refractivity (Wildman–Crippen MR) is 101 cm³/mol. The van der Waals surface area contributed by atoms with Gasteiger partial charge in [-0.05, 0) is 55.0 Å². The van der Waals surface area contributed by atoms with Crippen molar-refractivity contribution in [2.24, 2.45) is 5.10 Å². The normalized spacial score (nSPS) is 10.8. The zero-order valence-corrected chi connectivity index (χ0v) is 14.8. The van der Waals surface area contributed by atoms with E-state index in [1.165, 1.54) is 11.3 Å². The molecule has 3 rings (SSSR count). The Hall–Kier alpha value is -2.70. The number of carbonyl (C=O) groups is 1. The maximum Gasteiger partial charge on any atom is 0.343 e. The summed E-state index contributed by atoms with van der Waals surface area (Å²) in [6, 6.07) is 13.6. The Bertz CT molecular complexity index is 907. The first-order valence-corrected chi connectivity index (χ1v) is 8.65. The molecule has 0 saturated carbocycles. The summed E-state index contributed by atoms with van der Waals surface area (Å²) in [6.45, 7) is 1.93. The summed E-state index contributed by atoms with van der Waals surface area (Å²) in [6.07, 6.45) is 1.67. The maximum atomic E-state index is 12.1. The number of hydrazone groups is 1. The molecule has 126 valence electrons. The van der Waals surface area contributed by atoms with Gasteiger partial charge in [-0.25, -0.2) is 9.78 Å². The topological polar surface area (TPSA) is 63.6 Å². The van der Waals surface area contributed by atoms with Crippen molar-refractivity contribution in [1.82, 2.24) is 4.98 Å². The van der Waals surface area contributed by atoms with Crippen LogP contribution in [0.2, 0.25) is 5.02 Å². The van der Waals surface area contributed by atoms with Crippen molar-refractivity contribution in [3.8, 4) is 5.75 Å². The third kappa shape index (κ3) is 4.89. The minimum absolute atomic E-state index is 0.404. The second-order valence-corrected chi connectivity index (χ2v) is 6.43. The molecule has 0 amide bonds. The molecule has 0 aliphatic rings. The molecule has 0 spiro atoms. The Balaban J connectivity index is 1.59. The fraction of sp³-hybridized carbons (Fsp3) is 0.0556. The third-order valence-electron chi connectivity index (χ3n) is 3.14. The average molecular weight is 372 g/mol. The van der Waals surface area contributed by atoms with Crippen molar-refractivity contribution in [1.29, 1.82) is 0 Å². The molecule has 5 nitrogen and oxygen atoms in total. The van der Waals surface area contributed by atoms with Crippen molar-refractivity contribution in [2.75, 3.05) is 5.43 Å². The number of aryl methyl sites for hydroxylation is 1. The number of halogens is 1. The van der Waals surface area contributed by atoms with Gasteiger partial charge < -0.3 is 4.74 Å². The number of carbonyl (C=O) groups excluding carboxylic acids is 1. The number of hydrogen-bond donors (Lipinski definition) is 1. The van der Waals surface area contributed by atoms with Gasteiger partial charge in [-0.1, -0.05) is 17.7 Å². The summed E-state index contributed by atoms with van der Waals surface area (Å²) in [5.41, 5.74) is 5.09. The number of nitrogens with zero attached hydrogens (tertiary/aromatic N) is 2. The quantitative estimate of drug-likeness (QED) is 0.303. The van der Waals surface area contributed by atoms with Crippen LogP contribution in [0, 0.1) is 6.92 Å². The van der Waals surface area contributed by atoms with Gasteiger partial charge in [0.25, 0.3) is 0 Å². The molecule has 0 saturated heterocycles. The molecule has 0 bridgehead atoms. The number of anilines is 1. The van der Waals surface area contributed by atoms with Crippen LogP contribution in [0.3, 0.4) is 0 Å². The first-order chi connectivity index (χ1) is 12.1. The van der Waals surface area contributed by atoms with Crippen LogP contribution in [0.1, 0.15) is 21.6 Å². The molecule has 25 heavy (non-hydrogen) atoms. The standard InChI is InChI=1S/C18H14ClN3O2S/c1-12-11-25-18(21-12)22-20-10-13-5-7-16(8-6-13)24-17(23)14-3-2-4-15(19)9-14/h2-11H,1H3,(H,21,22)/b20-10-. The SMILES string of the molecule is Cc1csc(N/N=C\c2ccc(OC(=O)c3cccc(Cl)c3)cc2)n1. The minimum Gasteiger partial charge on any atom is -0.423 e. The number of rotatable bonds is 5. The lowest BCUT2D eigenvalue weighted by Crippen LogP contribution is -2.08. The molecule has 1 aromatic heterocycles. The van der Waals surface area contributed by atoms with E-state index in [9.17, 15) is 4.79 Å². The van der Waals surface area contributed by atoms with E-state index < -0.39 is 5.97 Å². The summed E-state index contributed by atoms with van der Waals surface area (Å²) in [5.74, 6) is -0.00430. The molecule has 0 unspecified atom stereocenters. The molecular formula is C18H14ClN3O2S. The molecule has 7 heteroatoms. The Labute approximate surface area is 153 Å². The third-order valence-corrected chi connectivity index (χ3v) is 4.24. The van der Waals surface area contributed by atoms with E-state index in [4.69, 9.17) is 16.3 Å².